The van der Waals surface area contributed by atoms with E-state index in [1.165, 1.54) is 11.0 Å². The van der Waals surface area contributed by atoms with Gasteiger partial charge in [0, 0.05) is 17.4 Å². The molecule has 0 aromatic heterocycles. The number of carbonyl (C=O) groups is 1. The zero-order chi connectivity index (χ0) is 15.8. The van der Waals surface area contributed by atoms with Crippen LogP contribution in [-0.4, -0.2) is 25.4 Å². The lowest BCUT2D eigenvalue weighted by molar-refractivity contribution is -0.274. The molecule has 1 aromatic rings. The maximum Gasteiger partial charge on any atom is 0.573 e. The molecule has 0 spiro atoms. The van der Waals surface area contributed by atoms with Gasteiger partial charge in [0.05, 0.1) is 5.02 Å². The molecule has 2 rings (SSSR count). The van der Waals surface area contributed by atoms with E-state index in [-0.39, 0.29) is 42.0 Å². The lowest BCUT2D eigenvalue weighted by Gasteiger charge is -2.22. The zero-order valence-corrected chi connectivity index (χ0v) is 12.9. The first-order valence-electron chi connectivity index (χ1n) is 5.96. The molecule has 0 bridgehead atoms. The van der Waals surface area contributed by atoms with Crippen LogP contribution in [0.25, 0.3) is 0 Å². The third-order valence-electron chi connectivity index (χ3n) is 3.03. The summed E-state index contributed by atoms with van der Waals surface area (Å²) < 4.78 is 41.8. The number of carbonyl (C=O) groups excluding carboxylic acids is 1. The third kappa shape index (κ3) is 3.81. The maximum absolute atomic E-state index is 12.5. The van der Waals surface area contributed by atoms with E-state index < -0.39 is 12.1 Å². The quantitative estimate of drug-likeness (QED) is 0.866. The highest BCUT2D eigenvalue weighted by molar-refractivity contribution is 9.10. The van der Waals surface area contributed by atoms with E-state index in [1.807, 2.05) is 0 Å². The lowest BCUT2D eigenvalue weighted by atomic mass is 10.1. The summed E-state index contributed by atoms with van der Waals surface area (Å²) in [5.41, 5.74) is 5.42. The van der Waals surface area contributed by atoms with E-state index in [0.29, 0.717) is 4.47 Å². The second-order valence-electron chi connectivity index (χ2n) is 4.59. The van der Waals surface area contributed by atoms with Crippen LogP contribution in [0.4, 0.5) is 18.9 Å². The van der Waals surface area contributed by atoms with Crippen LogP contribution < -0.4 is 15.4 Å². The SMILES string of the molecule is NCC1CC(=O)N(c2c(Cl)cc(Br)cc2OC(F)(F)F)C1. The summed E-state index contributed by atoms with van der Waals surface area (Å²) in [6.07, 6.45) is -4.71. The fourth-order valence-corrected chi connectivity index (χ4v) is 3.04. The van der Waals surface area contributed by atoms with Gasteiger partial charge in [0.1, 0.15) is 5.69 Å². The van der Waals surface area contributed by atoms with Crippen LogP contribution >= 0.6 is 27.5 Å². The molecule has 0 aliphatic carbocycles. The molecule has 1 aliphatic rings. The molecular formula is C12H11BrClF3N2O2. The summed E-state index contributed by atoms with van der Waals surface area (Å²) in [5.74, 6) is -0.967. The Balaban J connectivity index is 2.44. The highest BCUT2D eigenvalue weighted by Crippen LogP contribution is 2.43. The van der Waals surface area contributed by atoms with Crippen molar-refractivity contribution in [3.05, 3.63) is 21.6 Å². The second-order valence-corrected chi connectivity index (χ2v) is 5.92. The normalized spacial score (nSPS) is 19.2. The van der Waals surface area contributed by atoms with Gasteiger partial charge in [-0.1, -0.05) is 27.5 Å². The average molecular weight is 388 g/mol. The molecule has 116 valence electrons. The van der Waals surface area contributed by atoms with E-state index in [9.17, 15) is 18.0 Å². The molecule has 2 N–H and O–H groups in total. The number of ether oxygens (including phenoxy) is 1. The molecule has 1 unspecified atom stereocenters. The molecule has 1 heterocycles. The van der Waals surface area contributed by atoms with Crippen LogP contribution in [0.2, 0.25) is 5.02 Å². The predicted octanol–water partition coefficient (Wildman–Crippen LogP) is 3.31. The molecular weight excluding hydrogens is 376 g/mol. The number of anilines is 1. The number of hydrogen-bond donors (Lipinski definition) is 1. The molecule has 1 saturated heterocycles. The van der Waals surface area contributed by atoms with Crippen molar-refractivity contribution < 1.29 is 22.7 Å². The van der Waals surface area contributed by atoms with Crippen LogP contribution in [0.3, 0.4) is 0 Å². The fourth-order valence-electron chi connectivity index (χ4n) is 2.16. The Morgan fingerprint density at radius 2 is 2.14 bits per heavy atom. The Labute approximate surface area is 132 Å². The maximum atomic E-state index is 12.5. The minimum Gasteiger partial charge on any atom is -0.403 e. The first kappa shape index (κ1) is 16.4. The van der Waals surface area contributed by atoms with Gasteiger partial charge in [-0.25, -0.2) is 0 Å². The van der Waals surface area contributed by atoms with E-state index in [2.05, 4.69) is 20.7 Å². The Hall–Kier alpha value is -0.990. The van der Waals surface area contributed by atoms with Gasteiger partial charge < -0.3 is 15.4 Å². The lowest BCUT2D eigenvalue weighted by Crippen LogP contribution is -2.28. The van der Waals surface area contributed by atoms with Gasteiger partial charge in [0.15, 0.2) is 5.75 Å². The van der Waals surface area contributed by atoms with Crippen molar-refractivity contribution in [3.8, 4) is 5.75 Å². The highest BCUT2D eigenvalue weighted by atomic mass is 79.9. The average Bonchev–Trinajstić information content (AvgIpc) is 2.67. The number of amides is 1. The Kier molecular flexibility index (Phi) is 4.69. The molecule has 0 saturated carbocycles. The highest BCUT2D eigenvalue weighted by Gasteiger charge is 2.37. The number of rotatable bonds is 3. The molecule has 1 aromatic carbocycles. The van der Waals surface area contributed by atoms with E-state index in [1.54, 1.807) is 0 Å². The number of alkyl halides is 3. The number of nitrogens with two attached hydrogens (primary N) is 1. The smallest absolute Gasteiger partial charge is 0.403 e. The third-order valence-corrected chi connectivity index (χ3v) is 3.77. The van der Waals surface area contributed by atoms with Gasteiger partial charge in [0.25, 0.3) is 0 Å². The van der Waals surface area contributed by atoms with Crippen LogP contribution in [0, 0.1) is 5.92 Å². The van der Waals surface area contributed by atoms with Gasteiger partial charge in [-0.05, 0) is 24.6 Å². The summed E-state index contributed by atoms with van der Waals surface area (Å²) in [6, 6.07) is 2.53. The van der Waals surface area contributed by atoms with Crippen molar-refractivity contribution in [1.29, 1.82) is 0 Å². The van der Waals surface area contributed by atoms with Crippen molar-refractivity contribution in [2.24, 2.45) is 11.7 Å². The summed E-state index contributed by atoms with van der Waals surface area (Å²) in [7, 11) is 0. The molecule has 1 atom stereocenters. The van der Waals surface area contributed by atoms with E-state index in [4.69, 9.17) is 17.3 Å². The summed E-state index contributed by atoms with van der Waals surface area (Å²) in [6.45, 7) is 0.483. The Bertz CT molecular complexity index is 568. The Morgan fingerprint density at radius 3 is 2.67 bits per heavy atom. The molecule has 0 radical (unpaired) electrons. The first-order valence-corrected chi connectivity index (χ1v) is 7.13. The minimum absolute atomic E-state index is 0.00496. The monoisotopic (exact) mass is 386 g/mol. The largest absolute Gasteiger partial charge is 0.573 e. The number of benzene rings is 1. The van der Waals surface area contributed by atoms with Crippen LogP contribution in [0.5, 0.6) is 5.75 Å². The standard InChI is InChI=1S/C12H11BrClF3N2O2/c13-7-2-8(14)11(9(3-7)21-12(15,16)17)19-5-6(4-18)1-10(19)20/h2-3,6H,1,4-5,18H2. The zero-order valence-electron chi connectivity index (χ0n) is 10.6. The van der Waals surface area contributed by atoms with Crippen molar-refractivity contribution in [3.63, 3.8) is 0 Å². The summed E-state index contributed by atoms with van der Waals surface area (Å²) in [5, 5.41) is -0.00496. The molecule has 1 aliphatic heterocycles. The van der Waals surface area contributed by atoms with E-state index in [0.717, 1.165) is 6.07 Å². The molecule has 21 heavy (non-hydrogen) atoms. The fraction of sp³-hybridized carbons (Fsp3) is 0.417. The predicted molar refractivity (Wildman–Crippen MR) is 75.3 cm³/mol. The molecule has 1 amide bonds. The molecule has 4 nitrogen and oxygen atoms in total. The molecule has 9 heteroatoms. The van der Waals surface area contributed by atoms with Gasteiger partial charge in [-0.3, -0.25) is 4.79 Å². The van der Waals surface area contributed by atoms with Gasteiger partial charge >= 0.3 is 6.36 Å². The number of nitrogens with zero attached hydrogens (tertiary/aromatic N) is 1. The van der Waals surface area contributed by atoms with Crippen molar-refractivity contribution in [2.75, 3.05) is 18.0 Å². The number of hydrogen-bond acceptors (Lipinski definition) is 3. The molecule has 1 fully saturated rings. The van der Waals surface area contributed by atoms with Crippen molar-refractivity contribution >= 4 is 39.1 Å². The topological polar surface area (TPSA) is 55.6 Å². The van der Waals surface area contributed by atoms with Crippen molar-refractivity contribution in [2.45, 2.75) is 12.8 Å². The van der Waals surface area contributed by atoms with Gasteiger partial charge in [-0.2, -0.15) is 0 Å². The van der Waals surface area contributed by atoms with E-state index >= 15 is 0 Å². The van der Waals surface area contributed by atoms with Crippen LogP contribution in [0.15, 0.2) is 16.6 Å². The van der Waals surface area contributed by atoms with Crippen molar-refractivity contribution in [1.82, 2.24) is 0 Å². The summed E-state index contributed by atoms with van der Waals surface area (Å²) >= 11 is 9.05. The number of halogens is 5. The second kappa shape index (κ2) is 6.02. The minimum atomic E-state index is -4.88. The van der Waals surface area contributed by atoms with Gasteiger partial charge in [-0.15, -0.1) is 13.2 Å². The van der Waals surface area contributed by atoms with Gasteiger partial charge in [0.2, 0.25) is 5.91 Å². The first-order chi connectivity index (χ1) is 9.71. The Morgan fingerprint density at radius 1 is 1.48 bits per heavy atom. The van der Waals surface area contributed by atoms with Crippen LogP contribution in [0.1, 0.15) is 6.42 Å². The van der Waals surface area contributed by atoms with Crippen LogP contribution in [-0.2, 0) is 4.79 Å². The summed E-state index contributed by atoms with van der Waals surface area (Å²) in [4.78, 5) is 13.2.